The van der Waals surface area contributed by atoms with Crippen molar-refractivity contribution < 1.29 is 9.47 Å². The van der Waals surface area contributed by atoms with Crippen LogP contribution in [0.3, 0.4) is 0 Å². The number of aromatic nitrogens is 2. The zero-order valence-corrected chi connectivity index (χ0v) is 12.9. The van der Waals surface area contributed by atoms with Crippen molar-refractivity contribution in [3.63, 3.8) is 0 Å². The summed E-state index contributed by atoms with van der Waals surface area (Å²) < 4.78 is 10.3. The Morgan fingerprint density at radius 3 is 2.11 bits per heavy atom. The van der Waals surface area contributed by atoms with E-state index < -0.39 is 0 Å². The van der Waals surface area contributed by atoms with Crippen molar-refractivity contribution in [3.8, 4) is 11.8 Å². The van der Waals surface area contributed by atoms with E-state index in [2.05, 4.69) is 36.1 Å². The van der Waals surface area contributed by atoms with Gasteiger partial charge in [-0.2, -0.15) is 9.97 Å². The number of hydrogen-bond donors (Lipinski definition) is 1. The first kappa shape index (κ1) is 15.8. The first-order chi connectivity index (χ1) is 8.90. The van der Waals surface area contributed by atoms with E-state index in [1.807, 2.05) is 0 Å². The fourth-order valence-corrected chi connectivity index (χ4v) is 1.88. The van der Waals surface area contributed by atoms with Crippen LogP contribution < -0.4 is 14.8 Å². The average Bonchev–Trinajstić information content (AvgIpc) is 2.36. The molecule has 0 spiro atoms. The quantitative estimate of drug-likeness (QED) is 0.815. The topological polar surface area (TPSA) is 56.3 Å². The van der Waals surface area contributed by atoms with Gasteiger partial charge >= 0.3 is 0 Å². The van der Waals surface area contributed by atoms with Crippen LogP contribution in [0.15, 0.2) is 6.07 Å². The molecule has 19 heavy (non-hydrogen) atoms. The normalized spacial score (nSPS) is 12.9. The number of ether oxygens (including phenoxy) is 2. The van der Waals surface area contributed by atoms with Crippen LogP contribution in [0, 0.1) is 5.41 Å². The van der Waals surface area contributed by atoms with Gasteiger partial charge in [0.2, 0.25) is 17.7 Å². The summed E-state index contributed by atoms with van der Waals surface area (Å²) in [6, 6.07) is 1.81. The van der Waals surface area contributed by atoms with Crippen LogP contribution in [0.4, 0.5) is 5.95 Å². The molecule has 0 aliphatic rings. The van der Waals surface area contributed by atoms with E-state index in [-0.39, 0.29) is 11.5 Å². The highest BCUT2D eigenvalue weighted by Gasteiger charge is 2.25. The van der Waals surface area contributed by atoms with E-state index in [1.54, 1.807) is 20.3 Å². The molecule has 0 bridgehead atoms. The van der Waals surface area contributed by atoms with Crippen molar-refractivity contribution in [1.29, 1.82) is 0 Å². The third-order valence-corrected chi connectivity index (χ3v) is 3.06. The summed E-state index contributed by atoms with van der Waals surface area (Å²) in [5.74, 6) is 2.00. The molecule has 1 unspecified atom stereocenters. The Hall–Kier alpha value is -1.23. The first-order valence-corrected chi connectivity index (χ1v) is 6.73. The van der Waals surface area contributed by atoms with Crippen LogP contribution in [0.25, 0.3) is 0 Å². The van der Waals surface area contributed by atoms with Gasteiger partial charge in [-0.15, -0.1) is 11.6 Å². The molecule has 1 aromatic heterocycles. The van der Waals surface area contributed by atoms with Crippen molar-refractivity contribution in [2.45, 2.75) is 33.2 Å². The second-order valence-electron chi connectivity index (χ2n) is 5.32. The number of hydrogen-bond acceptors (Lipinski definition) is 5. The largest absolute Gasteiger partial charge is 0.481 e. The highest BCUT2D eigenvalue weighted by atomic mass is 35.5. The maximum Gasteiger partial charge on any atom is 0.229 e. The van der Waals surface area contributed by atoms with Crippen LogP contribution in [0.2, 0.25) is 0 Å². The molecular formula is C13H22ClN3O2. The highest BCUT2D eigenvalue weighted by Crippen LogP contribution is 2.26. The maximum atomic E-state index is 5.86. The molecule has 0 aromatic carbocycles. The third-order valence-electron chi connectivity index (χ3n) is 2.84. The van der Waals surface area contributed by atoms with E-state index in [1.165, 1.54) is 0 Å². The molecule has 0 fully saturated rings. The SMILES string of the molecule is COc1cc(OC)nc(NC(CCCl)C(C)(C)C)n1. The van der Waals surface area contributed by atoms with Gasteiger partial charge in [0.25, 0.3) is 0 Å². The average molecular weight is 288 g/mol. The van der Waals surface area contributed by atoms with Gasteiger partial charge in [0.1, 0.15) is 0 Å². The summed E-state index contributed by atoms with van der Waals surface area (Å²) in [6.07, 6.45) is 0.827. The lowest BCUT2D eigenvalue weighted by Crippen LogP contribution is -2.35. The molecular weight excluding hydrogens is 266 g/mol. The van der Waals surface area contributed by atoms with E-state index in [0.717, 1.165) is 6.42 Å². The lowest BCUT2D eigenvalue weighted by Gasteiger charge is -2.31. The molecule has 0 saturated carbocycles. The molecule has 0 aliphatic carbocycles. The van der Waals surface area contributed by atoms with Gasteiger partial charge in [0, 0.05) is 11.9 Å². The Bertz CT molecular complexity index is 385. The fraction of sp³-hybridized carbons (Fsp3) is 0.692. The Balaban J connectivity index is 2.95. The number of nitrogens with zero attached hydrogens (tertiary/aromatic N) is 2. The van der Waals surface area contributed by atoms with Crippen molar-refractivity contribution >= 4 is 17.5 Å². The minimum absolute atomic E-state index is 0.0502. The van der Waals surface area contributed by atoms with Gasteiger partial charge in [0.05, 0.1) is 20.3 Å². The molecule has 1 heterocycles. The Morgan fingerprint density at radius 1 is 1.21 bits per heavy atom. The number of rotatable bonds is 6. The number of halogens is 1. The maximum absolute atomic E-state index is 5.86. The van der Waals surface area contributed by atoms with Crippen LogP contribution in [-0.4, -0.2) is 36.1 Å². The van der Waals surface area contributed by atoms with E-state index in [9.17, 15) is 0 Å². The molecule has 108 valence electrons. The molecule has 1 rings (SSSR count). The number of methoxy groups -OCH3 is 2. The lowest BCUT2D eigenvalue weighted by atomic mass is 9.85. The van der Waals surface area contributed by atoms with Crippen molar-refractivity contribution in [2.24, 2.45) is 5.41 Å². The van der Waals surface area contributed by atoms with Crippen LogP contribution >= 0.6 is 11.6 Å². The van der Waals surface area contributed by atoms with E-state index in [4.69, 9.17) is 21.1 Å². The van der Waals surface area contributed by atoms with Gasteiger partial charge < -0.3 is 14.8 Å². The van der Waals surface area contributed by atoms with Gasteiger partial charge in [-0.1, -0.05) is 20.8 Å². The summed E-state index contributed by atoms with van der Waals surface area (Å²) in [6.45, 7) is 6.44. The van der Waals surface area contributed by atoms with Gasteiger partial charge in [-0.3, -0.25) is 0 Å². The predicted molar refractivity (Wildman–Crippen MR) is 77.3 cm³/mol. The molecule has 0 radical (unpaired) electrons. The Labute approximate surface area is 119 Å². The zero-order chi connectivity index (χ0) is 14.5. The first-order valence-electron chi connectivity index (χ1n) is 6.20. The van der Waals surface area contributed by atoms with E-state index >= 15 is 0 Å². The Morgan fingerprint density at radius 2 is 1.74 bits per heavy atom. The van der Waals surface area contributed by atoms with Crippen molar-refractivity contribution in [3.05, 3.63) is 6.07 Å². The highest BCUT2D eigenvalue weighted by molar-refractivity contribution is 6.17. The van der Waals surface area contributed by atoms with Gasteiger partial charge in [-0.25, -0.2) is 0 Å². The van der Waals surface area contributed by atoms with Crippen LogP contribution in [0.1, 0.15) is 27.2 Å². The number of nitrogens with one attached hydrogen (secondary N) is 1. The summed E-state index contributed by atoms with van der Waals surface area (Å²) in [5, 5.41) is 3.30. The zero-order valence-electron chi connectivity index (χ0n) is 12.2. The van der Waals surface area contributed by atoms with Crippen LogP contribution in [-0.2, 0) is 0 Å². The molecule has 0 saturated heterocycles. The molecule has 1 N–H and O–H groups in total. The molecule has 1 atom stereocenters. The molecule has 1 aromatic rings. The van der Waals surface area contributed by atoms with Crippen LogP contribution in [0.5, 0.6) is 11.8 Å². The van der Waals surface area contributed by atoms with Gasteiger partial charge in [0.15, 0.2) is 0 Å². The third kappa shape index (κ3) is 4.74. The minimum atomic E-state index is 0.0502. The van der Waals surface area contributed by atoms with Crippen molar-refractivity contribution in [2.75, 3.05) is 25.4 Å². The fourth-order valence-electron chi connectivity index (χ4n) is 1.66. The monoisotopic (exact) mass is 287 g/mol. The number of alkyl halides is 1. The smallest absolute Gasteiger partial charge is 0.229 e. The molecule has 5 nitrogen and oxygen atoms in total. The summed E-state index contributed by atoms with van der Waals surface area (Å²) in [4.78, 5) is 8.54. The predicted octanol–water partition coefficient (Wildman–Crippen LogP) is 2.95. The minimum Gasteiger partial charge on any atom is -0.481 e. The lowest BCUT2D eigenvalue weighted by molar-refractivity contribution is 0.330. The van der Waals surface area contributed by atoms with E-state index in [0.29, 0.717) is 23.6 Å². The summed E-state index contributed by atoms with van der Waals surface area (Å²) in [7, 11) is 3.12. The molecule has 0 aliphatic heterocycles. The second-order valence-corrected chi connectivity index (χ2v) is 5.69. The molecule has 0 amide bonds. The molecule has 6 heteroatoms. The second kappa shape index (κ2) is 6.80. The Kier molecular flexibility index (Phi) is 5.66. The van der Waals surface area contributed by atoms with Crippen molar-refractivity contribution in [1.82, 2.24) is 9.97 Å². The standard InChI is InChI=1S/C13H22ClN3O2/c1-13(2,3)9(6-7-14)15-12-16-10(18-4)8-11(17-12)19-5/h8-9H,6-7H2,1-5H3,(H,15,16,17). The summed E-state index contributed by atoms with van der Waals surface area (Å²) in [5.41, 5.74) is 0.0502. The van der Waals surface area contributed by atoms with Gasteiger partial charge in [-0.05, 0) is 11.8 Å². The number of anilines is 1. The summed E-state index contributed by atoms with van der Waals surface area (Å²) >= 11 is 5.86.